The second kappa shape index (κ2) is 5.89. The maximum absolute atomic E-state index is 12.1. The lowest BCUT2D eigenvalue weighted by molar-refractivity contribution is -0.125. The number of carbonyl (C=O) groups excluding carboxylic acids is 1. The molecule has 0 spiro atoms. The molecule has 1 aromatic heterocycles. The van der Waals surface area contributed by atoms with Gasteiger partial charge in [-0.15, -0.1) is 0 Å². The first-order chi connectivity index (χ1) is 8.97. The van der Waals surface area contributed by atoms with Gasteiger partial charge in [0.15, 0.2) is 0 Å². The first-order valence-corrected chi connectivity index (χ1v) is 7.54. The molecule has 3 nitrogen and oxygen atoms in total. The number of aromatic nitrogens is 2. The predicted octanol–water partition coefficient (Wildman–Crippen LogP) is 3.65. The van der Waals surface area contributed by atoms with Gasteiger partial charge < -0.3 is 0 Å². The summed E-state index contributed by atoms with van der Waals surface area (Å²) in [4.78, 5) is 12.1. The van der Waals surface area contributed by atoms with Crippen molar-refractivity contribution in [1.82, 2.24) is 9.78 Å². The van der Waals surface area contributed by atoms with E-state index in [4.69, 9.17) is 0 Å². The minimum Gasteiger partial charge on any atom is -0.299 e. The van der Waals surface area contributed by atoms with Gasteiger partial charge in [-0.25, -0.2) is 0 Å². The summed E-state index contributed by atoms with van der Waals surface area (Å²) >= 11 is 0. The Labute approximate surface area is 116 Å². The zero-order valence-electron chi connectivity index (χ0n) is 12.6. The molecule has 0 bridgehead atoms. The summed E-state index contributed by atoms with van der Waals surface area (Å²) in [7, 11) is 0. The van der Waals surface area contributed by atoms with Gasteiger partial charge in [-0.1, -0.05) is 13.8 Å². The van der Waals surface area contributed by atoms with Crippen LogP contribution in [-0.4, -0.2) is 15.6 Å². The molecule has 3 heteroatoms. The highest BCUT2D eigenvalue weighted by atomic mass is 16.1. The van der Waals surface area contributed by atoms with Crippen LogP contribution in [0.2, 0.25) is 0 Å². The van der Waals surface area contributed by atoms with Gasteiger partial charge in [0.2, 0.25) is 0 Å². The molecule has 0 N–H and O–H groups in total. The molecule has 0 amide bonds. The third-order valence-electron chi connectivity index (χ3n) is 4.40. The van der Waals surface area contributed by atoms with Gasteiger partial charge in [-0.05, 0) is 44.6 Å². The van der Waals surface area contributed by atoms with Gasteiger partial charge in [0, 0.05) is 31.0 Å². The van der Waals surface area contributed by atoms with E-state index in [2.05, 4.69) is 38.9 Å². The molecule has 1 fully saturated rings. The fourth-order valence-electron chi connectivity index (χ4n) is 2.98. The van der Waals surface area contributed by atoms with Crippen LogP contribution in [0.25, 0.3) is 0 Å². The monoisotopic (exact) mass is 262 g/mol. The van der Waals surface area contributed by atoms with E-state index in [1.165, 1.54) is 0 Å². The van der Waals surface area contributed by atoms with E-state index in [1.807, 2.05) is 10.9 Å². The van der Waals surface area contributed by atoms with E-state index in [-0.39, 0.29) is 5.92 Å². The molecule has 2 unspecified atom stereocenters. The second-order valence-electron chi connectivity index (χ2n) is 6.53. The predicted molar refractivity (Wildman–Crippen MR) is 77.0 cm³/mol. The number of hydrogen-bond acceptors (Lipinski definition) is 2. The van der Waals surface area contributed by atoms with E-state index in [0.717, 1.165) is 31.4 Å². The Morgan fingerprint density at radius 3 is 2.68 bits per heavy atom. The normalized spacial score (nSPS) is 24.4. The van der Waals surface area contributed by atoms with Crippen molar-refractivity contribution >= 4 is 5.78 Å². The van der Waals surface area contributed by atoms with E-state index in [0.29, 0.717) is 23.7 Å². The first kappa shape index (κ1) is 14.3. The van der Waals surface area contributed by atoms with E-state index >= 15 is 0 Å². The lowest BCUT2D eigenvalue weighted by atomic mass is 9.74. The van der Waals surface area contributed by atoms with Crippen molar-refractivity contribution < 1.29 is 4.79 Å². The number of nitrogens with zero attached hydrogens (tertiary/aromatic N) is 2. The van der Waals surface area contributed by atoms with E-state index in [9.17, 15) is 4.79 Å². The van der Waals surface area contributed by atoms with Gasteiger partial charge >= 0.3 is 0 Å². The number of ketones is 1. The van der Waals surface area contributed by atoms with Crippen LogP contribution in [0.15, 0.2) is 12.3 Å². The Balaban J connectivity index is 2.01. The maximum atomic E-state index is 12.1. The van der Waals surface area contributed by atoms with Crippen LogP contribution in [0.5, 0.6) is 0 Å². The van der Waals surface area contributed by atoms with Gasteiger partial charge in [0.25, 0.3) is 0 Å². The van der Waals surface area contributed by atoms with Crippen molar-refractivity contribution in [3.8, 4) is 0 Å². The van der Waals surface area contributed by atoms with Crippen LogP contribution < -0.4 is 0 Å². The van der Waals surface area contributed by atoms with E-state index < -0.39 is 0 Å². The minimum atomic E-state index is 0.191. The summed E-state index contributed by atoms with van der Waals surface area (Å²) in [6, 6.07) is 2.45. The zero-order valence-corrected chi connectivity index (χ0v) is 12.6. The van der Waals surface area contributed by atoms with Crippen LogP contribution in [0.4, 0.5) is 0 Å². The molecular weight excluding hydrogens is 236 g/mol. The molecule has 0 saturated heterocycles. The SMILES string of the molecule is CC(C)C1CCC(=O)C(Cc2ccn(C(C)C)n2)C1. The molecular formula is C16H26N2O. The summed E-state index contributed by atoms with van der Waals surface area (Å²) in [5.41, 5.74) is 1.07. The lowest BCUT2D eigenvalue weighted by Crippen LogP contribution is -2.29. The van der Waals surface area contributed by atoms with Gasteiger partial charge in [0.1, 0.15) is 5.78 Å². The average Bonchev–Trinajstić information content (AvgIpc) is 2.80. The Morgan fingerprint density at radius 1 is 1.37 bits per heavy atom. The quantitative estimate of drug-likeness (QED) is 0.830. The number of rotatable bonds is 4. The van der Waals surface area contributed by atoms with Crippen molar-refractivity contribution in [2.45, 2.75) is 59.4 Å². The molecule has 0 aromatic carbocycles. The van der Waals surface area contributed by atoms with E-state index in [1.54, 1.807) is 0 Å². The smallest absolute Gasteiger partial charge is 0.136 e. The van der Waals surface area contributed by atoms with Crippen LogP contribution in [0.3, 0.4) is 0 Å². The molecule has 1 aromatic rings. The molecule has 106 valence electrons. The molecule has 0 radical (unpaired) electrons. The molecule has 19 heavy (non-hydrogen) atoms. The zero-order chi connectivity index (χ0) is 14.0. The van der Waals surface area contributed by atoms with Gasteiger partial charge in [-0.2, -0.15) is 5.10 Å². The Morgan fingerprint density at radius 2 is 2.11 bits per heavy atom. The van der Waals surface area contributed by atoms with Gasteiger partial charge in [0.05, 0.1) is 5.69 Å². The Bertz CT molecular complexity index is 434. The molecule has 1 saturated carbocycles. The highest BCUT2D eigenvalue weighted by Crippen LogP contribution is 2.33. The molecule has 2 atom stereocenters. The topological polar surface area (TPSA) is 34.9 Å². The molecule has 1 heterocycles. The Hall–Kier alpha value is -1.12. The minimum absolute atomic E-state index is 0.191. The standard InChI is InChI=1S/C16H26N2O/c1-11(2)13-5-6-16(19)14(9-13)10-15-7-8-18(17-15)12(3)4/h7-8,11-14H,5-6,9-10H2,1-4H3. The van der Waals surface area contributed by atoms with Crippen LogP contribution in [-0.2, 0) is 11.2 Å². The van der Waals surface area contributed by atoms with Crippen LogP contribution >= 0.6 is 0 Å². The average molecular weight is 262 g/mol. The third-order valence-corrected chi connectivity index (χ3v) is 4.40. The Kier molecular flexibility index (Phi) is 4.43. The summed E-state index contributed by atoms with van der Waals surface area (Å²) in [6.07, 6.45) is 5.73. The summed E-state index contributed by atoms with van der Waals surface area (Å²) in [5.74, 6) is 2.02. The molecule has 1 aliphatic carbocycles. The molecule has 2 rings (SSSR count). The molecule has 0 aliphatic heterocycles. The van der Waals surface area contributed by atoms with Crippen molar-refractivity contribution in [3.63, 3.8) is 0 Å². The van der Waals surface area contributed by atoms with Crippen molar-refractivity contribution in [3.05, 3.63) is 18.0 Å². The van der Waals surface area contributed by atoms with Crippen molar-refractivity contribution in [2.75, 3.05) is 0 Å². The summed E-state index contributed by atoms with van der Waals surface area (Å²) in [5, 5.41) is 4.57. The summed E-state index contributed by atoms with van der Waals surface area (Å²) < 4.78 is 1.97. The summed E-state index contributed by atoms with van der Waals surface area (Å²) in [6.45, 7) is 8.78. The fraction of sp³-hybridized carbons (Fsp3) is 0.750. The number of Topliss-reactive ketones (excluding diaryl/α,β-unsaturated/α-hetero) is 1. The second-order valence-corrected chi connectivity index (χ2v) is 6.53. The fourth-order valence-corrected chi connectivity index (χ4v) is 2.98. The van der Waals surface area contributed by atoms with Crippen LogP contribution in [0.1, 0.15) is 58.7 Å². The number of carbonyl (C=O) groups is 1. The maximum Gasteiger partial charge on any atom is 0.136 e. The highest BCUT2D eigenvalue weighted by molar-refractivity contribution is 5.82. The van der Waals surface area contributed by atoms with Gasteiger partial charge in [-0.3, -0.25) is 9.48 Å². The third kappa shape index (κ3) is 3.46. The highest BCUT2D eigenvalue weighted by Gasteiger charge is 2.30. The lowest BCUT2D eigenvalue weighted by Gasteiger charge is -2.30. The first-order valence-electron chi connectivity index (χ1n) is 7.54. The molecule has 1 aliphatic rings. The number of hydrogen-bond donors (Lipinski definition) is 0. The van der Waals surface area contributed by atoms with Crippen molar-refractivity contribution in [2.24, 2.45) is 17.8 Å². The van der Waals surface area contributed by atoms with Crippen molar-refractivity contribution in [1.29, 1.82) is 0 Å². The largest absolute Gasteiger partial charge is 0.299 e. The van der Waals surface area contributed by atoms with Crippen LogP contribution in [0, 0.1) is 17.8 Å².